The van der Waals surface area contributed by atoms with Gasteiger partial charge in [-0.15, -0.1) is 0 Å². The molecule has 2 aliphatic rings. The molecule has 0 amide bonds. The standard InChI is InChI=1S/C22H24O7/c1-11-12(2)22(23)29-19(11)14-9-17-20(28-10-27-17)21(26-5)18(14)13-6-7-15(24-3)16(8-13)25-4/h6-9,11-12,19H,10H2,1-5H3/t11-,12+,19+/m0/s1. The second-order valence-corrected chi connectivity index (χ2v) is 7.18. The van der Waals surface area contributed by atoms with Gasteiger partial charge in [-0.25, -0.2) is 0 Å². The van der Waals surface area contributed by atoms with Crippen molar-refractivity contribution < 1.29 is 33.2 Å². The van der Waals surface area contributed by atoms with Gasteiger partial charge in [-0.1, -0.05) is 19.9 Å². The first-order valence-electron chi connectivity index (χ1n) is 9.43. The van der Waals surface area contributed by atoms with Crippen LogP contribution < -0.4 is 23.7 Å². The van der Waals surface area contributed by atoms with Gasteiger partial charge in [0.25, 0.3) is 0 Å². The number of carbonyl (C=O) groups is 1. The van der Waals surface area contributed by atoms with Crippen LogP contribution >= 0.6 is 0 Å². The summed E-state index contributed by atoms with van der Waals surface area (Å²) in [4.78, 5) is 12.2. The lowest BCUT2D eigenvalue weighted by molar-refractivity contribution is -0.144. The van der Waals surface area contributed by atoms with Gasteiger partial charge in [0.1, 0.15) is 6.10 Å². The average Bonchev–Trinajstić information content (AvgIpc) is 3.31. The van der Waals surface area contributed by atoms with Gasteiger partial charge in [0.05, 0.1) is 27.2 Å². The SMILES string of the molecule is COc1ccc(-c2c([C@@H]3OC(=O)[C@H](C)[C@@H]3C)cc3c(c2OC)OCO3)cc1OC. The minimum atomic E-state index is -0.427. The van der Waals surface area contributed by atoms with Crippen molar-refractivity contribution >= 4 is 5.97 Å². The molecule has 0 spiro atoms. The molecule has 1 saturated heterocycles. The predicted molar refractivity (Wildman–Crippen MR) is 105 cm³/mol. The Kier molecular flexibility index (Phi) is 4.90. The zero-order valence-corrected chi connectivity index (χ0v) is 17.1. The number of rotatable bonds is 5. The highest BCUT2D eigenvalue weighted by Gasteiger charge is 2.42. The topological polar surface area (TPSA) is 72.5 Å². The molecule has 2 heterocycles. The molecule has 0 aromatic heterocycles. The van der Waals surface area contributed by atoms with Gasteiger partial charge < -0.3 is 28.4 Å². The number of cyclic esters (lactones) is 1. The Morgan fingerprint density at radius 1 is 0.966 bits per heavy atom. The van der Waals surface area contributed by atoms with Crippen LogP contribution in [0.25, 0.3) is 11.1 Å². The summed E-state index contributed by atoms with van der Waals surface area (Å²) in [6.45, 7) is 4.00. The molecule has 154 valence electrons. The number of fused-ring (bicyclic) bond motifs is 1. The normalized spacial score (nSPS) is 22.4. The first kappa shape index (κ1) is 19.2. The van der Waals surface area contributed by atoms with Crippen LogP contribution in [0, 0.1) is 11.8 Å². The molecule has 0 bridgehead atoms. The highest BCUT2D eigenvalue weighted by molar-refractivity contribution is 5.83. The number of carbonyl (C=O) groups excluding carboxylic acids is 1. The van der Waals surface area contributed by atoms with E-state index in [1.165, 1.54) is 0 Å². The van der Waals surface area contributed by atoms with Crippen LogP contribution in [-0.2, 0) is 9.53 Å². The molecule has 4 rings (SSSR count). The molecular formula is C22H24O7. The summed E-state index contributed by atoms with van der Waals surface area (Å²) in [6.07, 6.45) is -0.427. The van der Waals surface area contributed by atoms with Crippen molar-refractivity contribution in [3.05, 3.63) is 29.8 Å². The third-order valence-corrected chi connectivity index (χ3v) is 5.71. The second kappa shape index (κ2) is 7.39. The van der Waals surface area contributed by atoms with E-state index in [2.05, 4.69) is 0 Å². The van der Waals surface area contributed by atoms with E-state index in [4.69, 9.17) is 28.4 Å². The van der Waals surface area contributed by atoms with Crippen molar-refractivity contribution in [2.24, 2.45) is 11.8 Å². The maximum absolute atomic E-state index is 12.2. The van der Waals surface area contributed by atoms with Gasteiger partial charge in [0, 0.05) is 17.0 Å². The summed E-state index contributed by atoms with van der Waals surface area (Å²) < 4.78 is 33.6. The smallest absolute Gasteiger partial charge is 0.309 e. The van der Waals surface area contributed by atoms with Crippen molar-refractivity contribution in [2.75, 3.05) is 28.1 Å². The fourth-order valence-electron chi connectivity index (χ4n) is 3.90. The first-order valence-corrected chi connectivity index (χ1v) is 9.43. The van der Waals surface area contributed by atoms with Crippen molar-refractivity contribution in [3.63, 3.8) is 0 Å². The third kappa shape index (κ3) is 3.01. The fraction of sp³-hybridized carbons (Fsp3) is 0.409. The molecule has 3 atom stereocenters. The van der Waals surface area contributed by atoms with Gasteiger partial charge in [-0.2, -0.15) is 0 Å². The quantitative estimate of drug-likeness (QED) is 0.703. The van der Waals surface area contributed by atoms with Crippen molar-refractivity contribution in [1.82, 2.24) is 0 Å². The molecule has 0 radical (unpaired) electrons. The molecule has 0 unspecified atom stereocenters. The second-order valence-electron chi connectivity index (χ2n) is 7.18. The van der Waals surface area contributed by atoms with E-state index in [9.17, 15) is 4.79 Å². The average molecular weight is 400 g/mol. The predicted octanol–water partition coefficient (Wildman–Crippen LogP) is 3.98. The first-order chi connectivity index (χ1) is 14.0. The van der Waals surface area contributed by atoms with Gasteiger partial charge in [-0.05, 0) is 23.8 Å². The van der Waals surface area contributed by atoms with E-state index < -0.39 is 6.10 Å². The number of ether oxygens (including phenoxy) is 6. The van der Waals surface area contributed by atoms with Crippen LogP contribution in [0.15, 0.2) is 24.3 Å². The van der Waals surface area contributed by atoms with Crippen LogP contribution in [0.2, 0.25) is 0 Å². The Morgan fingerprint density at radius 3 is 2.34 bits per heavy atom. The minimum Gasteiger partial charge on any atom is -0.493 e. The molecular weight excluding hydrogens is 376 g/mol. The lowest BCUT2D eigenvalue weighted by Gasteiger charge is -2.23. The molecule has 0 N–H and O–H groups in total. The van der Waals surface area contributed by atoms with E-state index in [1.54, 1.807) is 21.3 Å². The van der Waals surface area contributed by atoms with Crippen LogP contribution in [0.4, 0.5) is 0 Å². The number of methoxy groups -OCH3 is 3. The fourth-order valence-corrected chi connectivity index (χ4v) is 3.90. The third-order valence-electron chi connectivity index (χ3n) is 5.71. The summed E-state index contributed by atoms with van der Waals surface area (Å²) in [7, 11) is 4.76. The Morgan fingerprint density at radius 2 is 1.72 bits per heavy atom. The van der Waals surface area contributed by atoms with Gasteiger partial charge in [0.15, 0.2) is 23.0 Å². The highest BCUT2D eigenvalue weighted by Crippen LogP contribution is 2.54. The Bertz CT molecular complexity index is 953. The van der Waals surface area contributed by atoms with Crippen LogP contribution in [0.3, 0.4) is 0 Å². The molecule has 2 aromatic rings. The molecule has 7 nitrogen and oxygen atoms in total. The molecule has 1 fully saturated rings. The Hall–Kier alpha value is -3.09. The maximum atomic E-state index is 12.2. The summed E-state index contributed by atoms with van der Waals surface area (Å²) in [6, 6.07) is 7.49. The number of hydrogen-bond acceptors (Lipinski definition) is 7. The highest BCUT2D eigenvalue weighted by atomic mass is 16.7. The zero-order chi connectivity index (χ0) is 20.7. The lowest BCUT2D eigenvalue weighted by Crippen LogP contribution is -2.11. The van der Waals surface area contributed by atoms with Crippen LogP contribution in [-0.4, -0.2) is 34.1 Å². The molecule has 2 aromatic carbocycles. The molecule has 0 aliphatic carbocycles. The number of benzene rings is 2. The summed E-state index contributed by atoms with van der Waals surface area (Å²) in [5.41, 5.74) is 2.41. The van der Waals surface area contributed by atoms with E-state index in [-0.39, 0.29) is 24.6 Å². The van der Waals surface area contributed by atoms with Crippen molar-refractivity contribution in [1.29, 1.82) is 0 Å². The zero-order valence-electron chi connectivity index (χ0n) is 17.1. The summed E-state index contributed by atoms with van der Waals surface area (Å²) >= 11 is 0. The number of esters is 1. The lowest BCUT2D eigenvalue weighted by atomic mass is 9.85. The Labute approximate surface area is 169 Å². The molecule has 29 heavy (non-hydrogen) atoms. The maximum Gasteiger partial charge on any atom is 0.309 e. The molecule has 7 heteroatoms. The van der Waals surface area contributed by atoms with Crippen LogP contribution in [0.1, 0.15) is 25.5 Å². The van der Waals surface area contributed by atoms with E-state index in [1.807, 2.05) is 38.1 Å². The van der Waals surface area contributed by atoms with E-state index >= 15 is 0 Å². The molecule has 0 saturated carbocycles. The van der Waals surface area contributed by atoms with E-state index in [0.29, 0.717) is 28.7 Å². The minimum absolute atomic E-state index is 0.00790. The van der Waals surface area contributed by atoms with Gasteiger partial charge in [0.2, 0.25) is 12.5 Å². The van der Waals surface area contributed by atoms with Crippen molar-refractivity contribution in [3.8, 4) is 39.9 Å². The van der Waals surface area contributed by atoms with Crippen molar-refractivity contribution in [2.45, 2.75) is 20.0 Å². The van der Waals surface area contributed by atoms with Gasteiger partial charge in [-0.3, -0.25) is 4.79 Å². The van der Waals surface area contributed by atoms with E-state index in [0.717, 1.165) is 16.7 Å². The summed E-state index contributed by atoms with van der Waals surface area (Å²) in [5.74, 6) is 2.42. The monoisotopic (exact) mass is 400 g/mol. The van der Waals surface area contributed by atoms with Gasteiger partial charge >= 0.3 is 5.97 Å². The number of hydrogen-bond donors (Lipinski definition) is 0. The van der Waals surface area contributed by atoms with Crippen LogP contribution in [0.5, 0.6) is 28.7 Å². The largest absolute Gasteiger partial charge is 0.493 e. The molecule has 2 aliphatic heterocycles. The summed E-state index contributed by atoms with van der Waals surface area (Å²) in [5, 5.41) is 0. The Balaban J connectivity index is 1.96.